The lowest BCUT2D eigenvalue weighted by molar-refractivity contribution is -0.138. The van der Waals surface area contributed by atoms with Crippen molar-refractivity contribution < 1.29 is 22.8 Å². The van der Waals surface area contributed by atoms with Gasteiger partial charge >= 0.3 is 6.18 Å². The van der Waals surface area contributed by atoms with Crippen LogP contribution in [0.1, 0.15) is 59.9 Å². The Hall–Kier alpha value is -3.43. The van der Waals surface area contributed by atoms with E-state index < -0.39 is 17.8 Å². The van der Waals surface area contributed by atoms with E-state index in [2.05, 4.69) is 15.5 Å². The Labute approximate surface area is 201 Å². The molecule has 1 fully saturated rings. The molecule has 3 heterocycles. The third kappa shape index (κ3) is 5.16. The number of carbonyl (C=O) groups is 2. The molecule has 0 bridgehead atoms. The molecule has 10 heteroatoms. The van der Waals surface area contributed by atoms with Crippen molar-refractivity contribution in [2.24, 2.45) is 5.92 Å². The molecule has 186 valence electrons. The Balaban J connectivity index is 1.54. The average Bonchev–Trinajstić information content (AvgIpc) is 3.25. The average molecular weight is 488 g/mol. The number of pyridine rings is 1. The van der Waals surface area contributed by atoms with E-state index in [1.165, 1.54) is 10.5 Å². The molecule has 0 spiro atoms. The second-order valence-electron chi connectivity index (χ2n) is 9.34. The molecule has 1 saturated heterocycles. The summed E-state index contributed by atoms with van der Waals surface area (Å²) in [6.45, 7) is 6.37. The Bertz CT molecular complexity index is 1240. The van der Waals surface area contributed by atoms with E-state index in [0.29, 0.717) is 43.0 Å². The van der Waals surface area contributed by atoms with Crippen LogP contribution in [-0.4, -0.2) is 50.4 Å². The predicted octanol–water partition coefficient (Wildman–Crippen LogP) is 4.22. The Morgan fingerprint density at radius 1 is 1.11 bits per heavy atom. The van der Waals surface area contributed by atoms with Crippen molar-refractivity contribution in [2.45, 2.75) is 51.7 Å². The van der Waals surface area contributed by atoms with Gasteiger partial charge in [-0.2, -0.15) is 13.2 Å². The quantitative estimate of drug-likeness (QED) is 0.585. The number of benzene rings is 1. The second-order valence-corrected chi connectivity index (χ2v) is 9.34. The number of halogens is 3. The van der Waals surface area contributed by atoms with E-state index in [0.717, 1.165) is 17.8 Å². The predicted molar refractivity (Wildman–Crippen MR) is 124 cm³/mol. The van der Waals surface area contributed by atoms with Gasteiger partial charge < -0.3 is 10.2 Å². The molecular formula is C25H28F3N5O2. The number of carbonyl (C=O) groups excluding carboxylic acids is 2. The minimum Gasteiger partial charge on any atom is -0.340 e. The van der Waals surface area contributed by atoms with Gasteiger partial charge in [-0.15, -0.1) is 10.2 Å². The summed E-state index contributed by atoms with van der Waals surface area (Å²) in [4.78, 5) is 28.0. The van der Waals surface area contributed by atoms with Gasteiger partial charge in [0.25, 0.3) is 5.91 Å². The topological polar surface area (TPSA) is 79.6 Å². The number of hydrogen-bond donors (Lipinski definition) is 1. The second kappa shape index (κ2) is 9.67. The van der Waals surface area contributed by atoms with E-state index in [-0.39, 0.29) is 23.7 Å². The minimum absolute atomic E-state index is 0.154. The smallest absolute Gasteiger partial charge is 0.340 e. The monoisotopic (exact) mass is 487 g/mol. The zero-order valence-electron chi connectivity index (χ0n) is 19.8. The zero-order chi connectivity index (χ0) is 25.3. The molecule has 0 saturated carbocycles. The highest BCUT2D eigenvalue weighted by atomic mass is 19.4. The van der Waals surface area contributed by atoms with Crippen LogP contribution in [-0.2, 0) is 11.0 Å². The molecule has 2 atom stereocenters. The van der Waals surface area contributed by atoms with Gasteiger partial charge in [0.1, 0.15) is 11.9 Å². The third-order valence-corrected chi connectivity index (χ3v) is 6.46. The highest BCUT2D eigenvalue weighted by molar-refractivity contribution is 5.98. The first-order valence-electron chi connectivity index (χ1n) is 11.6. The van der Waals surface area contributed by atoms with Crippen LogP contribution in [0.15, 0.2) is 42.6 Å². The maximum Gasteiger partial charge on any atom is 0.417 e. The number of hydrogen-bond acceptors (Lipinski definition) is 4. The molecule has 1 aliphatic heterocycles. The highest BCUT2D eigenvalue weighted by Gasteiger charge is 2.35. The number of likely N-dealkylation sites (tertiary alicyclic amines) is 1. The summed E-state index contributed by atoms with van der Waals surface area (Å²) >= 11 is 0. The maximum atomic E-state index is 13.5. The lowest BCUT2D eigenvalue weighted by Gasteiger charge is -2.35. The summed E-state index contributed by atoms with van der Waals surface area (Å²) in [5.41, 5.74) is 0.864. The molecular weight excluding hydrogens is 459 g/mol. The van der Waals surface area contributed by atoms with E-state index in [4.69, 9.17) is 0 Å². The number of piperidine rings is 1. The van der Waals surface area contributed by atoms with Crippen molar-refractivity contribution in [1.82, 2.24) is 24.8 Å². The Morgan fingerprint density at radius 2 is 1.86 bits per heavy atom. The lowest BCUT2D eigenvalue weighted by Crippen LogP contribution is -2.53. The summed E-state index contributed by atoms with van der Waals surface area (Å²) in [6, 6.07) is 8.72. The fourth-order valence-corrected chi connectivity index (χ4v) is 4.50. The van der Waals surface area contributed by atoms with Crippen molar-refractivity contribution >= 4 is 17.5 Å². The molecule has 0 radical (unpaired) electrons. The van der Waals surface area contributed by atoms with Gasteiger partial charge in [-0.3, -0.25) is 14.0 Å². The van der Waals surface area contributed by atoms with E-state index >= 15 is 0 Å². The zero-order valence-corrected chi connectivity index (χ0v) is 19.8. The van der Waals surface area contributed by atoms with Crippen molar-refractivity contribution in [1.29, 1.82) is 0 Å². The molecule has 1 N–H and O–H groups in total. The fourth-order valence-electron chi connectivity index (χ4n) is 4.50. The molecule has 2 unspecified atom stereocenters. The number of nitrogens with zero attached hydrogens (tertiary/aromatic N) is 4. The first-order valence-corrected chi connectivity index (χ1v) is 11.6. The van der Waals surface area contributed by atoms with Gasteiger partial charge in [-0.1, -0.05) is 32.0 Å². The Kier molecular flexibility index (Phi) is 6.82. The highest BCUT2D eigenvalue weighted by Crippen LogP contribution is 2.31. The van der Waals surface area contributed by atoms with Gasteiger partial charge in [0.05, 0.1) is 5.56 Å². The van der Waals surface area contributed by atoms with Crippen LogP contribution in [0, 0.1) is 12.8 Å². The normalized spacial score (nSPS) is 17.6. The van der Waals surface area contributed by atoms with Crippen LogP contribution in [0.2, 0.25) is 0 Å². The van der Waals surface area contributed by atoms with Gasteiger partial charge in [0.15, 0.2) is 5.65 Å². The standard InChI is InChI=1S/C25H28F3N5O2/c1-15(2)21(29-23(34)19-9-5-4-7-16(19)3)24(35)32-12-6-8-17(13-32)22-31-30-20-11-10-18(14-33(20)22)25(26,27)28/h4-5,7,9-11,14-15,17,21H,6,8,12-13H2,1-3H3,(H,29,34). The molecule has 2 aromatic heterocycles. The van der Waals surface area contributed by atoms with Gasteiger partial charge in [0, 0.05) is 30.8 Å². The van der Waals surface area contributed by atoms with E-state index in [1.807, 2.05) is 32.9 Å². The summed E-state index contributed by atoms with van der Waals surface area (Å²) in [7, 11) is 0. The summed E-state index contributed by atoms with van der Waals surface area (Å²) in [5, 5.41) is 11.1. The van der Waals surface area contributed by atoms with Crippen LogP contribution < -0.4 is 5.32 Å². The largest absolute Gasteiger partial charge is 0.417 e. The van der Waals surface area contributed by atoms with Gasteiger partial charge in [0.2, 0.25) is 5.91 Å². The number of alkyl halides is 3. The maximum absolute atomic E-state index is 13.5. The Morgan fingerprint density at radius 3 is 2.54 bits per heavy atom. The van der Waals surface area contributed by atoms with Crippen molar-refractivity contribution in [2.75, 3.05) is 13.1 Å². The summed E-state index contributed by atoms with van der Waals surface area (Å²) in [6.07, 6.45) is -2.14. The molecule has 4 rings (SSSR count). The van der Waals surface area contributed by atoms with Crippen LogP contribution in [0.4, 0.5) is 13.2 Å². The molecule has 3 aromatic rings. The van der Waals surface area contributed by atoms with Crippen molar-refractivity contribution in [3.05, 3.63) is 65.1 Å². The third-order valence-electron chi connectivity index (χ3n) is 6.46. The van der Waals surface area contributed by atoms with Crippen molar-refractivity contribution in [3.8, 4) is 0 Å². The number of aromatic nitrogens is 3. The van der Waals surface area contributed by atoms with Gasteiger partial charge in [-0.25, -0.2) is 0 Å². The molecule has 1 aliphatic rings. The van der Waals surface area contributed by atoms with Crippen LogP contribution in [0.3, 0.4) is 0 Å². The minimum atomic E-state index is -4.48. The molecule has 35 heavy (non-hydrogen) atoms. The fraction of sp³-hybridized carbons (Fsp3) is 0.440. The molecule has 1 aromatic carbocycles. The SMILES string of the molecule is Cc1ccccc1C(=O)NC(C(=O)N1CCCC(c2nnc3ccc(C(F)(F)F)cn23)C1)C(C)C. The first kappa shape index (κ1) is 24.7. The van der Waals surface area contributed by atoms with Crippen LogP contribution in [0.25, 0.3) is 5.65 Å². The first-order chi connectivity index (χ1) is 16.6. The number of nitrogens with one attached hydrogen (secondary N) is 1. The molecule has 2 amide bonds. The summed E-state index contributed by atoms with van der Waals surface area (Å²) in [5.74, 6) is -0.554. The summed E-state index contributed by atoms with van der Waals surface area (Å²) < 4.78 is 41.1. The van der Waals surface area contributed by atoms with E-state index in [9.17, 15) is 22.8 Å². The van der Waals surface area contributed by atoms with E-state index in [1.54, 1.807) is 17.0 Å². The van der Waals surface area contributed by atoms with Crippen LogP contribution >= 0.6 is 0 Å². The lowest BCUT2D eigenvalue weighted by atomic mass is 9.94. The molecule has 0 aliphatic carbocycles. The number of amides is 2. The van der Waals surface area contributed by atoms with Crippen LogP contribution in [0.5, 0.6) is 0 Å². The van der Waals surface area contributed by atoms with Gasteiger partial charge in [-0.05, 0) is 49.4 Å². The number of rotatable bonds is 5. The molecule has 7 nitrogen and oxygen atoms in total. The number of fused-ring (bicyclic) bond motifs is 1. The number of aryl methyl sites for hydroxylation is 1. The van der Waals surface area contributed by atoms with Crippen molar-refractivity contribution in [3.63, 3.8) is 0 Å².